The molecule has 140 valence electrons. The Labute approximate surface area is 162 Å². The number of hydrogen-bond acceptors (Lipinski definition) is 5. The smallest absolute Gasteiger partial charge is 0.291 e. The van der Waals surface area contributed by atoms with E-state index in [1.807, 2.05) is 24.3 Å². The first kappa shape index (κ1) is 17.9. The fourth-order valence-electron chi connectivity index (χ4n) is 3.36. The molecule has 0 spiro atoms. The van der Waals surface area contributed by atoms with Crippen molar-refractivity contribution in [2.45, 2.75) is 10.9 Å². The van der Waals surface area contributed by atoms with Crippen molar-refractivity contribution >= 4 is 38.0 Å². The third-order valence-electron chi connectivity index (χ3n) is 4.72. The van der Waals surface area contributed by atoms with Crippen molar-refractivity contribution in [2.24, 2.45) is 0 Å². The summed E-state index contributed by atoms with van der Waals surface area (Å²) in [5, 5.41) is 11.3. The lowest BCUT2D eigenvalue weighted by Crippen LogP contribution is -2.34. The molecule has 8 heteroatoms. The van der Waals surface area contributed by atoms with E-state index in [1.165, 1.54) is 21.9 Å². The molecule has 0 saturated carbocycles. The molecule has 2 aromatic carbocycles. The standard InChI is InChI=1S/C20H16N4O3S/c1-28(26,27)17-7-4-6-15(9-17)23-13-16(10-21)24(20(23)25)19-12-22-11-14-5-2-3-8-18(14)19/h2-9,11-12,16H,13H2,1H3/t16-/m1/s1. The van der Waals surface area contributed by atoms with Crippen molar-refractivity contribution in [3.05, 3.63) is 60.9 Å². The number of nitriles is 1. The second-order valence-electron chi connectivity index (χ2n) is 6.56. The summed E-state index contributed by atoms with van der Waals surface area (Å²) in [4.78, 5) is 20.4. The lowest BCUT2D eigenvalue weighted by Gasteiger charge is -2.21. The maximum Gasteiger partial charge on any atom is 0.330 e. The van der Waals surface area contributed by atoms with Crippen molar-refractivity contribution in [2.75, 3.05) is 22.6 Å². The summed E-state index contributed by atoms with van der Waals surface area (Å²) in [5.74, 6) is 0. The molecule has 3 aromatic rings. The Kier molecular flexibility index (Phi) is 4.24. The number of nitrogens with zero attached hydrogens (tertiary/aromatic N) is 4. The zero-order chi connectivity index (χ0) is 19.9. The van der Waals surface area contributed by atoms with Gasteiger partial charge < -0.3 is 0 Å². The maximum absolute atomic E-state index is 13.2. The van der Waals surface area contributed by atoms with Crippen LogP contribution in [0, 0.1) is 11.3 Å². The summed E-state index contributed by atoms with van der Waals surface area (Å²) in [6.45, 7) is 0.131. The van der Waals surface area contributed by atoms with Gasteiger partial charge in [-0.2, -0.15) is 5.26 Å². The van der Waals surface area contributed by atoms with E-state index in [0.717, 1.165) is 17.0 Å². The summed E-state index contributed by atoms with van der Waals surface area (Å²) in [6, 6.07) is 14.7. The van der Waals surface area contributed by atoms with Gasteiger partial charge in [-0.05, 0) is 18.2 Å². The Balaban J connectivity index is 1.80. The van der Waals surface area contributed by atoms with E-state index in [-0.39, 0.29) is 11.4 Å². The molecule has 0 aliphatic carbocycles. The number of carbonyl (C=O) groups excluding carboxylic acids is 1. The van der Waals surface area contributed by atoms with Crippen LogP contribution in [0.4, 0.5) is 16.2 Å². The highest BCUT2D eigenvalue weighted by molar-refractivity contribution is 7.90. The first-order valence-electron chi connectivity index (χ1n) is 8.53. The van der Waals surface area contributed by atoms with Gasteiger partial charge in [-0.15, -0.1) is 0 Å². The Bertz CT molecular complexity index is 1230. The van der Waals surface area contributed by atoms with E-state index in [1.54, 1.807) is 24.5 Å². The van der Waals surface area contributed by atoms with Crippen LogP contribution in [0.15, 0.2) is 65.8 Å². The van der Waals surface area contributed by atoms with Crippen LogP contribution in [-0.2, 0) is 9.84 Å². The third kappa shape index (κ3) is 2.96. The van der Waals surface area contributed by atoms with Gasteiger partial charge in [-0.3, -0.25) is 14.8 Å². The minimum absolute atomic E-state index is 0.122. The number of hydrogen-bond donors (Lipinski definition) is 0. The number of rotatable bonds is 3. The number of urea groups is 1. The second kappa shape index (κ2) is 6.62. The Morgan fingerprint density at radius 1 is 1.14 bits per heavy atom. The Hall–Kier alpha value is -3.44. The second-order valence-corrected chi connectivity index (χ2v) is 8.57. The highest BCUT2D eigenvalue weighted by Gasteiger charge is 2.40. The number of fused-ring (bicyclic) bond motifs is 1. The van der Waals surface area contributed by atoms with Crippen molar-refractivity contribution in [3.8, 4) is 6.07 Å². The van der Waals surface area contributed by atoms with Crippen molar-refractivity contribution in [3.63, 3.8) is 0 Å². The lowest BCUT2D eigenvalue weighted by atomic mass is 10.1. The molecule has 1 atom stereocenters. The van der Waals surface area contributed by atoms with Crippen LogP contribution >= 0.6 is 0 Å². The van der Waals surface area contributed by atoms with Crippen LogP contribution in [0.3, 0.4) is 0 Å². The molecule has 0 N–H and O–H groups in total. The molecule has 2 heterocycles. The molecular formula is C20H16N4O3S. The number of pyridine rings is 1. The molecule has 1 aromatic heterocycles. The predicted molar refractivity (Wildman–Crippen MR) is 106 cm³/mol. The van der Waals surface area contributed by atoms with Crippen molar-refractivity contribution in [1.29, 1.82) is 5.26 Å². The van der Waals surface area contributed by atoms with Gasteiger partial charge in [0.15, 0.2) is 9.84 Å². The number of benzene rings is 2. The van der Waals surface area contributed by atoms with Gasteiger partial charge in [0.25, 0.3) is 0 Å². The highest BCUT2D eigenvalue weighted by Crippen LogP contribution is 2.33. The molecule has 28 heavy (non-hydrogen) atoms. The van der Waals surface area contributed by atoms with Crippen molar-refractivity contribution < 1.29 is 13.2 Å². The SMILES string of the molecule is CS(=O)(=O)c1cccc(N2C[C@@H](C#N)N(c3cncc4ccccc34)C2=O)c1. The first-order chi connectivity index (χ1) is 13.4. The summed E-state index contributed by atoms with van der Waals surface area (Å²) in [5.41, 5.74) is 0.986. The van der Waals surface area contributed by atoms with Gasteiger partial charge in [-0.25, -0.2) is 13.2 Å². The molecule has 1 aliphatic heterocycles. The number of sulfone groups is 1. The van der Waals surface area contributed by atoms with Crippen LogP contribution < -0.4 is 9.80 Å². The topological polar surface area (TPSA) is 94.4 Å². The van der Waals surface area contributed by atoms with E-state index in [2.05, 4.69) is 11.1 Å². The number of amides is 2. The number of anilines is 2. The highest BCUT2D eigenvalue weighted by atomic mass is 32.2. The lowest BCUT2D eigenvalue weighted by molar-refractivity contribution is 0.255. The molecule has 0 bridgehead atoms. The van der Waals surface area contributed by atoms with Crippen LogP contribution in [0.25, 0.3) is 10.8 Å². The van der Waals surface area contributed by atoms with Crippen molar-refractivity contribution in [1.82, 2.24) is 4.98 Å². The van der Waals surface area contributed by atoms with Gasteiger partial charge in [-0.1, -0.05) is 30.3 Å². The largest absolute Gasteiger partial charge is 0.330 e. The Morgan fingerprint density at radius 3 is 2.68 bits per heavy atom. The van der Waals surface area contributed by atoms with Crippen LogP contribution in [0.2, 0.25) is 0 Å². The first-order valence-corrected chi connectivity index (χ1v) is 10.4. The fourth-order valence-corrected chi connectivity index (χ4v) is 4.02. The quantitative estimate of drug-likeness (QED) is 0.683. The molecule has 4 rings (SSSR count). The maximum atomic E-state index is 13.2. The average molecular weight is 392 g/mol. The minimum atomic E-state index is -3.41. The number of aromatic nitrogens is 1. The molecule has 1 fully saturated rings. The summed E-state index contributed by atoms with van der Waals surface area (Å²) in [7, 11) is -3.41. The van der Waals surface area contributed by atoms with E-state index >= 15 is 0 Å². The van der Waals surface area contributed by atoms with E-state index in [0.29, 0.717) is 11.4 Å². The zero-order valence-corrected chi connectivity index (χ0v) is 15.8. The van der Waals surface area contributed by atoms with Gasteiger partial charge in [0.05, 0.1) is 29.4 Å². The average Bonchev–Trinajstić information content (AvgIpc) is 3.03. The summed E-state index contributed by atoms with van der Waals surface area (Å²) >= 11 is 0. The predicted octanol–water partition coefficient (Wildman–Crippen LogP) is 2.98. The van der Waals surface area contributed by atoms with Crippen LogP contribution in [-0.4, -0.2) is 38.3 Å². The summed E-state index contributed by atoms with van der Waals surface area (Å²) in [6.07, 6.45) is 4.39. The minimum Gasteiger partial charge on any atom is -0.291 e. The molecule has 0 unspecified atom stereocenters. The monoisotopic (exact) mass is 392 g/mol. The normalized spacial score (nSPS) is 17.1. The van der Waals surface area contributed by atoms with Crippen LogP contribution in [0.1, 0.15) is 0 Å². The molecule has 2 amide bonds. The molecular weight excluding hydrogens is 376 g/mol. The van der Waals surface area contributed by atoms with E-state index in [4.69, 9.17) is 0 Å². The molecule has 1 saturated heterocycles. The number of carbonyl (C=O) groups is 1. The van der Waals surface area contributed by atoms with E-state index < -0.39 is 21.9 Å². The van der Waals surface area contributed by atoms with Gasteiger partial charge in [0, 0.05) is 28.9 Å². The van der Waals surface area contributed by atoms with Gasteiger partial charge in [0.1, 0.15) is 6.04 Å². The molecule has 7 nitrogen and oxygen atoms in total. The third-order valence-corrected chi connectivity index (χ3v) is 5.83. The fraction of sp³-hybridized carbons (Fsp3) is 0.150. The van der Waals surface area contributed by atoms with Gasteiger partial charge >= 0.3 is 6.03 Å². The van der Waals surface area contributed by atoms with Gasteiger partial charge in [0.2, 0.25) is 0 Å². The Morgan fingerprint density at radius 2 is 1.93 bits per heavy atom. The molecule has 0 radical (unpaired) electrons. The summed E-state index contributed by atoms with van der Waals surface area (Å²) < 4.78 is 23.7. The molecule has 1 aliphatic rings. The van der Waals surface area contributed by atoms with E-state index in [9.17, 15) is 18.5 Å². The zero-order valence-electron chi connectivity index (χ0n) is 15.0. The van der Waals surface area contributed by atoms with Crippen LogP contribution in [0.5, 0.6) is 0 Å².